The van der Waals surface area contributed by atoms with Gasteiger partial charge in [0.15, 0.2) is 0 Å². The Kier molecular flexibility index (Phi) is 5.59. The zero-order valence-electron chi connectivity index (χ0n) is 15.9. The third kappa shape index (κ3) is 4.54. The van der Waals surface area contributed by atoms with Gasteiger partial charge in [0.2, 0.25) is 0 Å². The Balaban J connectivity index is 1.34. The van der Waals surface area contributed by atoms with Gasteiger partial charge in [0.25, 0.3) is 0 Å². The number of hydrogen-bond acceptors (Lipinski definition) is 4. The highest BCUT2D eigenvalue weighted by Crippen LogP contribution is 2.44. The molecule has 0 bridgehead atoms. The van der Waals surface area contributed by atoms with Gasteiger partial charge >= 0.3 is 13.9 Å². The third-order valence-corrected chi connectivity index (χ3v) is 5.38. The van der Waals surface area contributed by atoms with Crippen molar-refractivity contribution in [1.82, 2.24) is 5.32 Å². The maximum Gasteiger partial charge on any atom is 0.524 e. The molecule has 8 heteroatoms. The molecule has 0 aromatic heterocycles. The number of carbonyl (C=O) groups is 1. The van der Waals surface area contributed by atoms with Crippen molar-refractivity contribution >= 4 is 13.9 Å². The molecule has 1 aliphatic carbocycles. The molecule has 0 fully saturated rings. The molecule has 3 aromatic rings. The highest BCUT2D eigenvalue weighted by atomic mass is 31.2. The van der Waals surface area contributed by atoms with Crippen LogP contribution in [0.15, 0.2) is 72.8 Å². The molecular weight excluding hydrogens is 405 g/mol. The number of alkyl carbamates (subject to hydrolysis) is 1. The molecule has 30 heavy (non-hydrogen) atoms. The van der Waals surface area contributed by atoms with Crippen molar-refractivity contribution in [1.29, 1.82) is 0 Å². The summed E-state index contributed by atoms with van der Waals surface area (Å²) in [6.07, 6.45) is -0.535. The second kappa shape index (κ2) is 8.32. The summed E-state index contributed by atoms with van der Waals surface area (Å²) in [5.41, 5.74) is 5.36. The average Bonchev–Trinajstić information content (AvgIpc) is 3.04. The van der Waals surface area contributed by atoms with Crippen molar-refractivity contribution in [3.63, 3.8) is 0 Å². The Labute approximate surface area is 173 Å². The van der Waals surface area contributed by atoms with E-state index < -0.39 is 13.9 Å². The van der Waals surface area contributed by atoms with E-state index in [4.69, 9.17) is 14.5 Å². The van der Waals surface area contributed by atoms with Crippen LogP contribution in [0.3, 0.4) is 0 Å². The van der Waals surface area contributed by atoms with E-state index in [9.17, 15) is 9.36 Å². The lowest BCUT2D eigenvalue weighted by Crippen LogP contribution is -2.25. The minimum atomic E-state index is -4.59. The summed E-state index contributed by atoms with van der Waals surface area (Å²) in [4.78, 5) is 29.8. The molecule has 0 spiro atoms. The second-order valence-corrected chi connectivity index (χ2v) is 8.07. The Morgan fingerprint density at radius 1 is 0.900 bits per heavy atom. The standard InChI is InChI=1S/C22H20NO6P/c24-22(23-13-15-9-11-16(12-10-15)29-30(25,26)27)28-14-21-19-7-3-1-5-17(19)18-6-2-4-8-20(18)21/h1-12,21H,13-14H2,(H,23,24)(H2,25,26,27). The summed E-state index contributed by atoms with van der Waals surface area (Å²) < 4.78 is 20.8. The number of fused-ring (bicyclic) bond motifs is 3. The fourth-order valence-corrected chi connectivity index (χ4v) is 4.03. The van der Waals surface area contributed by atoms with Crippen LogP contribution in [0.2, 0.25) is 0 Å². The van der Waals surface area contributed by atoms with Crippen LogP contribution in [0.25, 0.3) is 11.1 Å². The zero-order valence-corrected chi connectivity index (χ0v) is 16.8. The fourth-order valence-electron chi connectivity index (χ4n) is 3.63. The molecule has 4 rings (SSSR count). The molecule has 0 atom stereocenters. The first-order valence-corrected chi connectivity index (χ1v) is 10.9. The maximum atomic E-state index is 12.2. The van der Waals surface area contributed by atoms with Crippen molar-refractivity contribution in [2.75, 3.05) is 6.61 Å². The molecule has 3 aromatic carbocycles. The summed E-state index contributed by atoms with van der Waals surface area (Å²) in [6.45, 7) is 0.446. The monoisotopic (exact) mass is 425 g/mol. The Morgan fingerprint density at radius 3 is 2.03 bits per heavy atom. The van der Waals surface area contributed by atoms with Gasteiger partial charge in [-0.3, -0.25) is 9.79 Å². The topological polar surface area (TPSA) is 105 Å². The van der Waals surface area contributed by atoms with Crippen molar-refractivity contribution in [3.8, 4) is 16.9 Å². The van der Waals surface area contributed by atoms with E-state index in [1.54, 1.807) is 12.1 Å². The lowest BCUT2D eigenvalue weighted by molar-refractivity contribution is 0.142. The van der Waals surface area contributed by atoms with E-state index in [-0.39, 0.29) is 24.8 Å². The number of rotatable bonds is 6. The maximum absolute atomic E-state index is 12.2. The highest BCUT2D eigenvalue weighted by molar-refractivity contribution is 7.46. The van der Waals surface area contributed by atoms with Crippen LogP contribution < -0.4 is 9.84 Å². The number of nitrogens with one attached hydrogen (secondary N) is 1. The first-order chi connectivity index (χ1) is 14.4. The largest absolute Gasteiger partial charge is 0.524 e. The first-order valence-electron chi connectivity index (χ1n) is 9.33. The number of phosphoric ester groups is 1. The number of benzene rings is 3. The van der Waals surface area contributed by atoms with Gasteiger partial charge in [-0.15, -0.1) is 0 Å². The van der Waals surface area contributed by atoms with Crippen molar-refractivity contribution in [2.45, 2.75) is 12.5 Å². The molecule has 3 N–H and O–H groups in total. The summed E-state index contributed by atoms with van der Waals surface area (Å²) in [5.74, 6) is 0.0421. The summed E-state index contributed by atoms with van der Waals surface area (Å²) >= 11 is 0. The van der Waals surface area contributed by atoms with Gasteiger partial charge in [-0.05, 0) is 39.9 Å². The summed E-state index contributed by atoms with van der Waals surface area (Å²) in [6, 6.07) is 22.3. The van der Waals surface area contributed by atoms with E-state index in [1.165, 1.54) is 23.3 Å². The van der Waals surface area contributed by atoms with E-state index in [1.807, 2.05) is 24.3 Å². The predicted octanol–water partition coefficient (Wildman–Crippen LogP) is 4.20. The molecular formula is C22H20NO6P. The van der Waals surface area contributed by atoms with Crippen molar-refractivity contribution in [2.24, 2.45) is 0 Å². The Hall–Kier alpha value is -3.12. The number of hydrogen-bond donors (Lipinski definition) is 3. The summed E-state index contributed by atoms with van der Waals surface area (Å²) in [7, 11) is -4.59. The molecule has 7 nitrogen and oxygen atoms in total. The van der Waals surface area contributed by atoms with Crippen LogP contribution in [-0.4, -0.2) is 22.5 Å². The smallest absolute Gasteiger partial charge is 0.449 e. The minimum absolute atomic E-state index is 0.00719. The Morgan fingerprint density at radius 2 is 1.47 bits per heavy atom. The third-order valence-electron chi connectivity index (χ3n) is 4.93. The highest BCUT2D eigenvalue weighted by Gasteiger charge is 2.28. The molecule has 0 saturated heterocycles. The first kappa shape index (κ1) is 20.2. The number of ether oxygens (including phenoxy) is 1. The molecule has 0 aliphatic heterocycles. The zero-order chi connectivity index (χ0) is 21.1. The number of phosphoric acid groups is 1. The van der Waals surface area contributed by atoms with Crippen LogP contribution >= 0.6 is 7.82 Å². The van der Waals surface area contributed by atoms with E-state index in [2.05, 4.69) is 34.1 Å². The van der Waals surface area contributed by atoms with Crippen LogP contribution in [0.4, 0.5) is 4.79 Å². The molecule has 0 heterocycles. The van der Waals surface area contributed by atoms with Gasteiger partial charge in [-0.25, -0.2) is 9.36 Å². The van der Waals surface area contributed by atoms with Crippen LogP contribution in [0.5, 0.6) is 5.75 Å². The number of amides is 1. The second-order valence-electron chi connectivity index (χ2n) is 6.90. The predicted molar refractivity (Wildman–Crippen MR) is 111 cm³/mol. The van der Waals surface area contributed by atoms with Gasteiger partial charge in [-0.2, -0.15) is 0 Å². The van der Waals surface area contributed by atoms with Gasteiger partial charge in [0.1, 0.15) is 12.4 Å². The normalized spacial score (nSPS) is 12.7. The lowest BCUT2D eigenvalue weighted by atomic mass is 9.98. The minimum Gasteiger partial charge on any atom is -0.449 e. The van der Waals surface area contributed by atoms with Gasteiger partial charge in [-0.1, -0.05) is 60.7 Å². The van der Waals surface area contributed by atoms with Crippen molar-refractivity contribution in [3.05, 3.63) is 89.5 Å². The van der Waals surface area contributed by atoms with Gasteiger partial charge in [0, 0.05) is 12.5 Å². The van der Waals surface area contributed by atoms with Crippen molar-refractivity contribution < 1.29 is 28.4 Å². The molecule has 154 valence electrons. The molecule has 0 radical (unpaired) electrons. The SMILES string of the molecule is O=C(NCc1ccc(OP(=O)(O)O)cc1)OCC1c2ccccc2-c2ccccc21. The number of carbonyl (C=O) groups excluding carboxylic acids is 1. The van der Waals surface area contributed by atoms with E-state index >= 15 is 0 Å². The van der Waals surface area contributed by atoms with Crippen LogP contribution in [0, 0.1) is 0 Å². The van der Waals surface area contributed by atoms with Gasteiger partial charge < -0.3 is 14.6 Å². The average molecular weight is 425 g/mol. The molecule has 0 saturated carbocycles. The quantitative estimate of drug-likeness (QED) is 0.512. The van der Waals surface area contributed by atoms with E-state index in [0.29, 0.717) is 0 Å². The fraction of sp³-hybridized carbons (Fsp3) is 0.136. The van der Waals surface area contributed by atoms with Crippen LogP contribution in [0.1, 0.15) is 22.6 Å². The van der Waals surface area contributed by atoms with E-state index in [0.717, 1.165) is 16.7 Å². The summed E-state index contributed by atoms with van der Waals surface area (Å²) in [5, 5.41) is 2.68. The Bertz CT molecular complexity index is 1060. The van der Waals surface area contributed by atoms with Gasteiger partial charge in [0.05, 0.1) is 0 Å². The molecule has 0 unspecified atom stereocenters. The van der Waals surface area contributed by atoms with Crippen LogP contribution in [-0.2, 0) is 15.8 Å². The lowest BCUT2D eigenvalue weighted by Gasteiger charge is -2.14. The molecule has 1 aliphatic rings. The molecule has 1 amide bonds.